The van der Waals surface area contributed by atoms with E-state index in [4.69, 9.17) is 18.9 Å². The summed E-state index contributed by atoms with van der Waals surface area (Å²) in [5.74, 6) is 3.23. The van der Waals surface area contributed by atoms with E-state index in [1.54, 1.807) is 14.2 Å². The lowest BCUT2D eigenvalue weighted by Gasteiger charge is -2.20. The van der Waals surface area contributed by atoms with Gasteiger partial charge in [-0.3, -0.25) is 0 Å². The highest BCUT2D eigenvalue weighted by atomic mass is 127. The zero-order valence-electron chi connectivity index (χ0n) is 16.2. The Kier molecular flexibility index (Phi) is 4.99. The van der Waals surface area contributed by atoms with E-state index in [-0.39, 0.29) is 24.0 Å². The molecule has 0 bridgehead atoms. The van der Waals surface area contributed by atoms with Crippen LogP contribution >= 0.6 is 0 Å². The van der Waals surface area contributed by atoms with Crippen LogP contribution in [-0.4, -0.2) is 21.0 Å². The number of fused-ring (bicyclic) bond motifs is 5. The Morgan fingerprint density at radius 1 is 1.04 bits per heavy atom. The highest BCUT2D eigenvalue weighted by molar-refractivity contribution is 5.95. The summed E-state index contributed by atoms with van der Waals surface area (Å²) in [5.41, 5.74) is 5.12. The SMILES string of the molecule is CCc1c2[n+](cc3c(OC)c(OC)ccc13)CCc1cc3c(cc1-2)OCO3.[I-]. The summed E-state index contributed by atoms with van der Waals surface area (Å²) in [4.78, 5) is 0. The first-order chi connectivity index (χ1) is 13.2. The predicted molar refractivity (Wildman–Crippen MR) is 102 cm³/mol. The molecule has 0 N–H and O–H groups in total. The zero-order chi connectivity index (χ0) is 18.5. The van der Waals surface area contributed by atoms with Gasteiger partial charge in [-0.1, -0.05) is 6.92 Å². The van der Waals surface area contributed by atoms with Crippen LogP contribution in [0.15, 0.2) is 30.5 Å². The number of aryl methyl sites for hydroxylation is 3. The summed E-state index contributed by atoms with van der Waals surface area (Å²) in [6, 6.07) is 8.40. The van der Waals surface area contributed by atoms with Crippen LogP contribution in [0, 0.1) is 0 Å². The number of aromatic nitrogens is 1. The molecule has 2 aromatic carbocycles. The van der Waals surface area contributed by atoms with Crippen molar-refractivity contribution in [3.63, 3.8) is 0 Å². The van der Waals surface area contributed by atoms with Gasteiger partial charge in [0.2, 0.25) is 12.5 Å². The Morgan fingerprint density at radius 2 is 1.82 bits per heavy atom. The van der Waals surface area contributed by atoms with Crippen molar-refractivity contribution in [2.24, 2.45) is 0 Å². The van der Waals surface area contributed by atoms with Crippen LogP contribution in [0.1, 0.15) is 18.1 Å². The number of hydrogen-bond acceptors (Lipinski definition) is 4. The van der Waals surface area contributed by atoms with Crippen LogP contribution in [0.25, 0.3) is 22.0 Å². The van der Waals surface area contributed by atoms with Crippen molar-refractivity contribution in [2.45, 2.75) is 26.3 Å². The van der Waals surface area contributed by atoms with Gasteiger partial charge in [0.25, 0.3) is 0 Å². The second kappa shape index (κ2) is 7.31. The van der Waals surface area contributed by atoms with Gasteiger partial charge < -0.3 is 42.9 Å². The molecule has 0 saturated carbocycles. The van der Waals surface area contributed by atoms with E-state index in [2.05, 4.69) is 35.9 Å². The van der Waals surface area contributed by atoms with Gasteiger partial charge in [-0.25, -0.2) is 0 Å². The van der Waals surface area contributed by atoms with E-state index in [1.165, 1.54) is 27.8 Å². The molecule has 28 heavy (non-hydrogen) atoms. The molecule has 2 aliphatic rings. The lowest BCUT2D eigenvalue weighted by molar-refractivity contribution is -0.686. The minimum absolute atomic E-state index is 0. The quantitative estimate of drug-likeness (QED) is 0.399. The predicted octanol–water partition coefficient (Wildman–Crippen LogP) is 0.663. The summed E-state index contributed by atoms with van der Waals surface area (Å²) in [6.07, 6.45) is 4.08. The average molecular weight is 491 g/mol. The van der Waals surface area contributed by atoms with E-state index in [0.29, 0.717) is 6.79 Å². The Hall–Kier alpha value is -2.22. The summed E-state index contributed by atoms with van der Waals surface area (Å²) >= 11 is 0. The third kappa shape index (κ3) is 2.69. The number of halogens is 1. The molecule has 3 heterocycles. The lowest BCUT2D eigenvalue weighted by Crippen LogP contribution is -3.00. The smallest absolute Gasteiger partial charge is 0.231 e. The molecule has 0 saturated heterocycles. The highest BCUT2D eigenvalue weighted by Gasteiger charge is 2.31. The summed E-state index contributed by atoms with van der Waals surface area (Å²) < 4.78 is 24.8. The first-order valence-electron chi connectivity index (χ1n) is 9.28. The normalized spacial score (nSPS) is 13.5. The van der Waals surface area contributed by atoms with Crippen molar-refractivity contribution in [1.29, 1.82) is 0 Å². The standard InChI is InChI=1S/C22H22NO4.HI/c1-4-14-15-5-6-18(24-2)22(25-3)17(15)11-23-8-7-13-9-19-20(27-12-26-19)10-16(13)21(14)23;/h5-6,9-11H,4,7-8,12H2,1-3H3;1H/q+1;/p-1. The number of hydrogen-bond donors (Lipinski definition) is 0. The van der Waals surface area contributed by atoms with Gasteiger partial charge in [-0.2, -0.15) is 4.57 Å². The molecule has 3 aromatic rings. The molecule has 0 unspecified atom stereocenters. The molecule has 5 rings (SSSR count). The van der Waals surface area contributed by atoms with Crippen LogP contribution in [0.5, 0.6) is 23.0 Å². The van der Waals surface area contributed by atoms with Crippen LogP contribution in [0.3, 0.4) is 0 Å². The summed E-state index contributed by atoms with van der Waals surface area (Å²) in [7, 11) is 3.37. The number of rotatable bonds is 3. The van der Waals surface area contributed by atoms with Gasteiger partial charge >= 0.3 is 0 Å². The second-order valence-corrected chi connectivity index (χ2v) is 6.88. The zero-order valence-corrected chi connectivity index (χ0v) is 18.3. The van der Waals surface area contributed by atoms with Crippen molar-refractivity contribution in [2.75, 3.05) is 21.0 Å². The maximum atomic E-state index is 5.70. The monoisotopic (exact) mass is 491 g/mol. The molecule has 0 spiro atoms. The van der Waals surface area contributed by atoms with Crippen molar-refractivity contribution < 1.29 is 47.5 Å². The minimum atomic E-state index is 0. The fourth-order valence-electron chi connectivity index (χ4n) is 4.37. The van der Waals surface area contributed by atoms with E-state index in [9.17, 15) is 0 Å². The largest absolute Gasteiger partial charge is 1.00 e. The van der Waals surface area contributed by atoms with Gasteiger partial charge in [-0.05, 0) is 36.2 Å². The number of ether oxygens (including phenoxy) is 4. The number of benzene rings is 2. The fourth-order valence-corrected chi connectivity index (χ4v) is 4.37. The summed E-state index contributed by atoms with van der Waals surface area (Å²) in [6.45, 7) is 3.42. The molecule has 6 heteroatoms. The minimum Gasteiger partial charge on any atom is -1.00 e. The van der Waals surface area contributed by atoms with Gasteiger partial charge in [0, 0.05) is 17.4 Å². The molecule has 1 aromatic heterocycles. The van der Waals surface area contributed by atoms with E-state index < -0.39 is 0 Å². The fraction of sp³-hybridized carbons (Fsp3) is 0.318. The van der Waals surface area contributed by atoms with Gasteiger partial charge in [0.05, 0.1) is 25.2 Å². The van der Waals surface area contributed by atoms with Gasteiger partial charge in [0.1, 0.15) is 0 Å². The third-order valence-corrected chi connectivity index (χ3v) is 5.60. The van der Waals surface area contributed by atoms with Gasteiger partial charge in [0.15, 0.2) is 35.7 Å². The van der Waals surface area contributed by atoms with Crippen molar-refractivity contribution in [3.8, 4) is 34.3 Å². The molecular weight excluding hydrogens is 469 g/mol. The van der Waals surface area contributed by atoms with Crippen LogP contribution < -0.4 is 47.5 Å². The molecule has 0 aliphatic carbocycles. The highest BCUT2D eigenvalue weighted by Crippen LogP contribution is 2.43. The Bertz CT molecular complexity index is 1080. The van der Waals surface area contributed by atoms with Crippen molar-refractivity contribution in [1.82, 2.24) is 0 Å². The maximum Gasteiger partial charge on any atom is 0.231 e. The van der Waals surface area contributed by atoms with E-state index in [0.717, 1.165) is 47.8 Å². The first-order valence-corrected chi connectivity index (χ1v) is 9.28. The van der Waals surface area contributed by atoms with Gasteiger partial charge in [-0.15, -0.1) is 0 Å². The first kappa shape index (κ1) is 19.1. The lowest BCUT2D eigenvalue weighted by atomic mass is 9.90. The number of methoxy groups -OCH3 is 2. The van der Waals surface area contributed by atoms with Crippen LogP contribution in [-0.2, 0) is 19.4 Å². The van der Waals surface area contributed by atoms with Crippen LogP contribution in [0.4, 0.5) is 0 Å². The number of pyridine rings is 1. The molecule has 146 valence electrons. The van der Waals surface area contributed by atoms with Crippen LogP contribution in [0.2, 0.25) is 0 Å². The molecule has 5 nitrogen and oxygen atoms in total. The van der Waals surface area contributed by atoms with Crippen molar-refractivity contribution >= 4 is 10.8 Å². The molecule has 2 aliphatic heterocycles. The Balaban J connectivity index is 0.00000192. The summed E-state index contributed by atoms with van der Waals surface area (Å²) in [5, 5.41) is 2.29. The maximum absolute atomic E-state index is 5.70. The topological polar surface area (TPSA) is 40.8 Å². The number of nitrogens with zero attached hydrogens (tertiary/aromatic N) is 1. The van der Waals surface area contributed by atoms with E-state index in [1.807, 2.05) is 6.07 Å². The average Bonchev–Trinajstić information content (AvgIpc) is 3.16. The molecular formula is C22H22INO4. The molecule has 0 fully saturated rings. The Labute approximate surface area is 181 Å². The molecule has 0 radical (unpaired) electrons. The third-order valence-electron chi connectivity index (χ3n) is 5.60. The second-order valence-electron chi connectivity index (χ2n) is 6.88. The molecule has 0 atom stereocenters. The Morgan fingerprint density at radius 3 is 2.54 bits per heavy atom. The van der Waals surface area contributed by atoms with E-state index >= 15 is 0 Å². The molecule has 0 amide bonds. The van der Waals surface area contributed by atoms with Crippen molar-refractivity contribution in [3.05, 3.63) is 41.6 Å².